The minimum Gasteiger partial charge on any atom is -0.449 e. The number of carbonyl (C=O) groups is 2. The average molecular weight is 353 g/mol. The number of nitrogens with zero attached hydrogens (tertiary/aromatic N) is 1. The van der Waals surface area contributed by atoms with Gasteiger partial charge in [-0.3, -0.25) is 9.69 Å². The van der Waals surface area contributed by atoms with Gasteiger partial charge in [-0.1, -0.05) is 63.8 Å². The first kappa shape index (κ1) is 23.2. The summed E-state index contributed by atoms with van der Waals surface area (Å²) in [6.07, 6.45) is 16.2. The molecule has 0 saturated carbocycles. The summed E-state index contributed by atoms with van der Waals surface area (Å²) in [6.45, 7) is 5.19. The maximum absolute atomic E-state index is 12.2. The van der Waals surface area contributed by atoms with Crippen molar-refractivity contribution in [2.75, 3.05) is 26.7 Å². The number of carbonyl (C=O) groups excluding carboxylic acids is 2. The molecule has 0 fully saturated rings. The van der Waals surface area contributed by atoms with E-state index < -0.39 is 6.09 Å². The molecule has 0 aliphatic heterocycles. The Hall–Kier alpha value is -1.78. The molecule has 25 heavy (non-hydrogen) atoms. The number of rotatable bonds is 14. The van der Waals surface area contributed by atoms with E-state index in [9.17, 15) is 9.59 Å². The fourth-order valence-electron chi connectivity index (χ4n) is 2.14. The SMILES string of the molecule is CCCC/C=C/CCOC(=O)N(CC/C=C/CCCC)CC(=O)NC. The van der Waals surface area contributed by atoms with Crippen molar-refractivity contribution in [3.63, 3.8) is 0 Å². The predicted molar refractivity (Wildman–Crippen MR) is 104 cm³/mol. The third-order valence-electron chi connectivity index (χ3n) is 3.73. The van der Waals surface area contributed by atoms with Gasteiger partial charge >= 0.3 is 6.09 Å². The molecule has 1 N–H and O–H groups in total. The van der Waals surface area contributed by atoms with Gasteiger partial charge in [-0.15, -0.1) is 0 Å². The first-order chi connectivity index (χ1) is 12.2. The molecule has 0 aromatic heterocycles. The molecule has 5 heteroatoms. The van der Waals surface area contributed by atoms with Crippen molar-refractivity contribution in [1.29, 1.82) is 0 Å². The summed E-state index contributed by atoms with van der Waals surface area (Å²) in [5.74, 6) is -0.189. The number of hydrogen-bond acceptors (Lipinski definition) is 3. The van der Waals surface area contributed by atoms with Gasteiger partial charge in [-0.2, -0.15) is 0 Å². The molecule has 5 nitrogen and oxygen atoms in total. The lowest BCUT2D eigenvalue weighted by Gasteiger charge is -2.20. The molecule has 2 amide bonds. The van der Waals surface area contributed by atoms with Crippen LogP contribution in [0, 0.1) is 0 Å². The van der Waals surface area contributed by atoms with Crippen LogP contribution >= 0.6 is 0 Å². The number of likely N-dealkylation sites (N-methyl/N-ethyl adjacent to an activating group) is 1. The standard InChI is InChI=1S/C20H36N2O3/c1-4-6-8-10-12-14-16-22(18-19(23)21-3)20(24)25-17-15-13-11-9-7-5-2/h10-13H,4-9,14-18H2,1-3H3,(H,21,23)/b12-10+,13-11+. The lowest BCUT2D eigenvalue weighted by Crippen LogP contribution is -2.40. The predicted octanol–water partition coefficient (Wildman–Crippen LogP) is 4.44. The van der Waals surface area contributed by atoms with Gasteiger partial charge in [0.25, 0.3) is 0 Å². The highest BCUT2D eigenvalue weighted by molar-refractivity contribution is 5.81. The fraction of sp³-hybridized carbons (Fsp3) is 0.700. The van der Waals surface area contributed by atoms with Crippen molar-refractivity contribution in [3.05, 3.63) is 24.3 Å². The highest BCUT2D eigenvalue weighted by atomic mass is 16.6. The van der Waals surface area contributed by atoms with E-state index in [1.54, 1.807) is 7.05 Å². The molecule has 0 spiro atoms. The molecule has 0 aromatic carbocycles. The molecule has 0 bridgehead atoms. The highest BCUT2D eigenvalue weighted by Crippen LogP contribution is 2.02. The van der Waals surface area contributed by atoms with Crippen molar-refractivity contribution >= 4 is 12.0 Å². The van der Waals surface area contributed by atoms with Crippen LogP contribution in [0.5, 0.6) is 0 Å². The number of allylic oxidation sites excluding steroid dienone is 2. The Morgan fingerprint density at radius 2 is 1.48 bits per heavy atom. The molecule has 0 radical (unpaired) electrons. The van der Waals surface area contributed by atoms with Crippen molar-refractivity contribution in [1.82, 2.24) is 10.2 Å². The second-order valence-corrected chi connectivity index (χ2v) is 6.01. The number of nitrogens with one attached hydrogen (secondary N) is 1. The summed E-state index contributed by atoms with van der Waals surface area (Å²) in [4.78, 5) is 25.2. The molecule has 0 saturated heterocycles. The average Bonchev–Trinajstić information content (AvgIpc) is 2.62. The Labute approximate surface area is 153 Å². The van der Waals surface area contributed by atoms with Crippen LogP contribution in [-0.2, 0) is 9.53 Å². The monoisotopic (exact) mass is 352 g/mol. The third-order valence-corrected chi connectivity index (χ3v) is 3.73. The molecule has 144 valence electrons. The summed E-state index contributed by atoms with van der Waals surface area (Å²) < 4.78 is 5.28. The Kier molecular flexibility index (Phi) is 15.8. The van der Waals surface area contributed by atoms with Crippen LogP contribution in [0.1, 0.15) is 65.2 Å². The number of hydrogen-bond donors (Lipinski definition) is 1. The maximum Gasteiger partial charge on any atom is 0.410 e. The lowest BCUT2D eigenvalue weighted by atomic mass is 10.2. The van der Waals surface area contributed by atoms with Gasteiger partial charge in [0.15, 0.2) is 0 Å². The second kappa shape index (κ2) is 17.1. The summed E-state index contributed by atoms with van der Waals surface area (Å²) in [5.41, 5.74) is 0. The van der Waals surface area contributed by atoms with Crippen molar-refractivity contribution in [3.8, 4) is 0 Å². The Morgan fingerprint density at radius 1 is 0.920 bits per heavy atom. The molecule has 0 unspecified atom stereocenters. The smallest absolute Gasteiger partial charge is 0.410 e. The van der Waals surface area contributed by atoms with Gasteiger partial charge in [0.05, 0.1) is 6.61 Å². The van der Waals surface area contributed by atoms with Crippen LogP contribution in [-0.4, -0.2) is 43.6 Å². The molecule has 0 atom stereocenters. The lowest BCUT2D eigenvalue weighted by molar-refractivity contribution is -0.121. The zero-order valence-electron chi connectivity index (χ0n) is 16.3. The van der Waals surface area contributed by atoms with E-state index in [-0.39, 0.29) is 12.5 Å². The van der Waals surface area contributed by atoms with Crippen LogP contribution in [0.25, 0.3) is 0 Å². The molecule has 0 heterocycles. The Balaban J connectivity index is 4.21. The van der Waals surface area contributed by atoms with Gasteiger partial charge in [-0.25, -0.2) is 4.79 Å². The van der Waals surface area contributed by atoms with E-state index in [1.165, 1.54) is 30.6 Å². The van der Waals surface area contributed by atoms with Crippen LogP contribution in [0.4, 0.5) is 4.79 Å². The number of ether oxygens (including phenoxy) is 1. The van der Waals surface area contributed by atoms with Crippen LogP contribution < -0.4 is 5.32 Å². The number of unbranched alkanes of at least 4 members (excludes halogenated alkanes) is 4. The minimum absolute atomic E-state index is 0.0322. The summed E-state index contributed by atoms with van der Waals surface area (Å²) >= 11 is 0. The van der Waals surface area contributed by atoms with E-state index in [0.717, 1.165) is 19.3 Å². The van der Waals surface area contributed by atoms with Crippen molar-refractivity contribution in [2.45, 2.75) is 65.2 Å². The zero-order chi connectivity index (χ0) is 18.8. The largest absolute Gasteiger partial charge is 0.449 e. The van der Waals surface area contributed by atoms with E-state index in [4.69, 9.17) is 4.74 Å². The maximum atomic E-state index is 12.2. The van der Waals surface area contributed by atoms with Crippen LogP contribution in [0.15, 0.2) is 24.3 Å². The number of amides is 2. The van der Waals surface area contributed by atoms with Crippen molar-refractivity contribution < 1.29 is 14.3 Å². The van der Waals surface area contributed by atoms with Gasteiger partial charge in [0.2, 0.25) is 5.91 Å². The Bertz CT molecular complexity index is 406. The van der Waals surface area contributed by atoms with Gasteiger partial charge in [0.1, 0.15) is 6.54 Å². The quantitative estimate of drug-likeness (QED) is 0.371. The zero-order valence-corrected chi connectivity index (χ0v) is 16.3. The molecule has 0 aliphatic carbocycles. The molecular weight excluding hydrogens is 316 g/mol. The van der Waals surface area contributed by atoms with E-state index in [0.29, 0.717) is 19.6 Å². The normalized spacial score (nSPS) is 11.2. The molecular formula is C20H36N2O3. The molecule has 0 rings (SSSR count). The third kappa shape index (κ3) is 14.3. The van der Waals surface area contributed by atoms with Gasteiger partial charge < -0.3 is 10.1 Å². The first-order valence-electron chi connectivity index (χ1n) is 9.57. The fourth-order valence-corrected chi connectivity index (χ4v) is 2.14. The van der Waals surface area contributed by atoms with E-state index in [2.05, 4.69) is 37.4 Å². The molecule has 0 aliphatic rings. The van der Waals surface area contributed by atoms with E-state index in [1.807, 2.05) is 6.08 Å². The second-order valence-electron chi connectivity index (χ2n) is 6.01. The minimum atomic E-state index is -0.424. The van der Waals surface area contributed by atoms with Gasteiger partial charge in [0, 0.05) is 13.6 Å². The Morgan fingerprint density at radius 3 is 2.04 bits per heavy atom. The molecule has 0 aromatic rings. The van der Waals surface area contributed by atoms with E-state index >= 15 is 0 Å². The highest BCUT2D eigenvalue weighted by Gasteiger charge is 2.16. The van der Waals surface area contributed by atoms with Crippen LogP contribution in [0.3, 0.4) is 0 Å². The van der Waals surface area contributed by atoms with Crippen molar-refractivity contribution in [2.24, 2.45) is 0 Å². The summed E-state index contributed by atoms with van der Waals surface area (Å²) in [6, 6.07) is 0. The topological polar surface area (TPSA) is 58.6 Å². The summed E-state index contributed by atoms with van der Waals surface area (Å²) in [5, 5.41) is 2.55. The van der Waals surface area contributed by atoms with Gasteiger partial charge in [-0.05, 0) is 25.7 Å². The first-order valence-corrected chi connectivity index (χ1v) is 9.57. The van der Waals surface area contributed by atoms with Crippen LogP contribution in [0.2, 0.25) is 0 Å². The summed E-state index contributed by atoms with van der Waals surface area (Å²) in [7, 11) is 1.57.